The van der Waals surface area contributed by atoms with Gasteiger partial charge in [-0.2, -0.15) is 0 Å². The van der Waals surface area contributed by atoms with Crippen molar-refractivity contribution in [3.63, 3.8) is 0 Å². The highest BCUT2D eigenvalue weighted by atomic mass is 79.9. The van der Waals surface area contributed by atoms with Crippen LogP contribution in [0.3, 0.4) is 0 Å². The van der Waals surface area contributed by atoms with Gasteiger partial charge in [-0.3, -0.25) is 4.90 Å². The molecule has 1 aromatic heterocycles. The van der Waals surface area contributed by atoms with Gasteiger partial charge in [-0.1, -0.05) is 34.6 Å². The third-order valence-electron chi connectivity index (χ3n) is 4.96. The van der Waals surface area contributed by atoms with E-state index < -0.39 is 0 Å². The third-order valence-corrected chi connectivity index (χ3v) is 6.57. The van der Waals surface area contributed by atoms with E-state index in [2.05, 4.69) is 72.9 Å². The van der Waals surface area contributed by atoms with Crippen molar-refractivity contribution in [3.05, 3.63) is 20.8 Å². The minimum atomic E-state index is 0.288. The van der Waals surface area contributed by atoms with Gasteiger partial charge in [0.25, 0.3) is 0 Å². The van der Waals surface area contributed by atoms with Gasteiger partial charge in [0.2, 0.25) is 0 Å². The number of halogens is 1. The van der Waals surface area contributed by atoms with Gasteiger partial charge in [0.1, 0.15) is 0 Å². The van der Waals surface area contributed by atoms with Crippen molar-refractivity contribution in [3.8, 4) is 0 Å². The van der Waals surface area contributed by atoms with Crippen LogP contribution in [0, 0.1) is 5.41 Å². The van der Waals surface area contributed by atoms with Gasteiger partial charge < -0.3 is 5.32 Å². The Morgan fingerprint density at radius 2 is 2.00 bits per heavy atom. The maximum atomic E-state index is 3.86. The Balaban J connectivity index is 2.20. The lowest BCUT2D eigenvalue weighted by molar-refractivity contribution is 0.0137. The molecule has 1 fully saturated rings. The highest BCUT2D eigenvalue weighted by molar-refractivity contribution is 9.11. The van der Waals surface area contributed by atoms with Gasteiger partial charge in [-0.25, -0.2) is 0 Å². The van der Waals surface area contributed by atoms with Crippen LogP contribution in [0.5, 0.6) is 0 Å². The fraction of sp³-hybridized carbons (Fsp3) is 0.765. The molecule has 0 amide bonds. The molecule has 0 spiro atoms. The van der Waals surface area contributed by atoms with Crippen molar-refractivity contribution in [1.29, 1.82) is 0 Å². The molecule has 2 heterocycles. The number of rotatable bonds is 4. The van der Waals surface area contributed by atoms with E-state index >= 15 is 0 Å². The monoisotopic (exact) mass is 372 g/mol. The summed E-state index contributed by atoms with van der Waals surface area (Å²) in [6.45, 7) is 15.0. The topological polar surface area (TPSA) is 15.3 Å². The largest absolute Gasteiger partial charge is 0.308 e. The van der Waals surface area contributed by atoms with Gasteiger partial charge in [-0.05, 0) is 46.3 Å². The Hall–Kier alpha value is 0.1000. The molecule has 1 atom stereocenters. The third kappa shape index (κ3) is 4.10. The van der Waals surface area contributed by atoms with Crippen LogP contribution >= 0.6 is 27.3 Å². The number of piperazine rings is 1. The number of hydrogen-bond acceptors (Lipinski definition) is 3. The fourth-order valence-corrected chi connectivity index (χ4v) is 4.89. The Morgan fingerprint density at radius 3 is 2.48 bits per heavy atom. The van der Waals surface area contributed by atoms with Crippen molar-refractivity contribution in [2.24, 2.45) is 5.41 Å². The fourth-order valence-electron chi connectivity index (χ4n) is 3.38. The van der Waals surface area contributed by atoms with E-state index in [1.165, 1.54) is 21.5 Å². The Morgan fingerprint density at radius 1 is 1.33 bits per heavy atom. The highest BCUT2D eigenvalue weighted by Crippen LogP contribution is 2.33. The van der Waals surface area contributed by atoms with Crippen molar-refractivity contribution < 1.29 is 0 Å². The smallest absolute Gasteiger partial charge is 0.0701 e. The molecule has 0 bridgehead atoms. The van der Waals surface area contributed by atoms with E-state index in [1.807, 2.05) is 11.3 Å². The van der Waals surface area contributed by atoms with Gasteiger partial charge in [0.15, 0.2) is 0 Å². The minimum absolute atomic E-state index is 0.288. The summed E-state index contributed by atoms with van der Waals surface area (Å²) in [5, 5.41) is 3.86. The molecule has 0 aliphatic carbocycles. The van der Waals surface area contributed by atoms with Crippen LogP contribution in [-0.2, 0) is 6.54 Å². The summed E-state index contributed by atoms with van der Waals surface area (Å²) in [5.74, 6) is 0. The average molecular weight is 373 g/mol. The summed E-state index contributed by atoms with van der Waals surface area (Å²) in [6.07, 6.45) is 2.40. The average Bonchev–Trinajstić information content (AvgIpc) is 2.82. The predicted octanol–water partition coefficient (Wildman–Crippen LogP) is 4.89. The molecule has 21 heavy (non-hydrogen) atoms. The molecular weight excluding hydrogens is 344 g/mol. The van der Waals surface area contributed by atoms with E-state index in [0.29, 0.717) is 11.5 Å². The number of nitrogens with one attached hydrogen (secondary N) is 1. The molecule has 2 nitrogen and oxygen atoms in total. The molecule has 1 aliphatic rings. The lowest BCUT2D eigenvalue weighted by Gasteiger charge is -2.51. The summed E-state index contributed by atoms with van der Waals surface area (Å²) in [6, 6.07) is 5.02. The van der Waals surface area contributed by atoms with Gasteiger partial charge in [-0.15, -0.1) is 11.3 Å². The first-order valence-corrected chi connectivity index (χ1v) is 9.64. The van der Waals surface area contributed by atoms with Crippen LogP contribution < -0.4 is 5.32 Å². The van der Waals surface area contributed by atoms with Crippen LogP contribution in [-0.4, -0.2) is 29.6 Å². The summed E-state index contributed by atoms with van der Waals surface area (Å²) in [4.78, 5) is 4.17. The molecule has 1 N–H and O–H groups in total. The molecule has 2 rings (SSSR count). The number of thiophene rings is 1. The van der Waals surface area contributed by atoms with Gasteiger partial charge in [0, 0.05) is 36.1 Å². The van der Waals surface area contributed by atoms with Crippen LogP contribution in [0.25, 0.3) is 0 Å². The van der Waals surface area contributed by atoms with Crippen LogP contribution in [0.2, 0.25) is 0 Å². The second kappa shape index (κ2) is 6.69. The van der Waals surface area contributed by atoms with E-state index in [9.17, 15) is 0 Å². The summed E-state index contributed by atoms with van der Waals surface area (Å²) in [5.41, 5.74) is 0.589. The van der Waals surface area contributed by atoms with Crippen molar-refractivity contribution in [1.82, 2.24) is 10.2 Å². The van der Waals surface area contributed by atoms with Crippen LogP contribution in [0.4, 0.5) is 0 Å². The van der Waals surface area contributed by atoms with E-state index in [4.69, 9.17) is 0 Å². The maximum absolute atomic E-state index is 3.86. The molecule has 4 heteroatoms. The standard InChI is InChI=1S/C17H29BrN2S/c1-6-17(7-2)12-20(11-13-8-9-15(18)21-13)14(10-19-17)16(3,4)5/h8-9,14,19H,6-7,10-12H2,1-5H3. The van der Waals surface area contributed by atoms with Crippen LogP contribution in [0.15, 0.2) is 15.9 Å². The highest BCUT2D eigenvalue weighted by Gasteiger charge is 2.41. The number of hydrogen-bond donors (Lipinski definition) is 1. The second-order valence-corrected chi connectivity index (χ2v) is 9.91. The van der Waals surface area contributed by atoms with Crippen molar-refractivity contribution >= 4 is 27.3 Å². The minimum Gasteiger partial charge on any atom is -0.308 e. The normalized spacial score (nSPS) is 23.4. The Kier molecular flexibility index (Phi) is 5.56. The van der Waals surface area contributed by atoms with Crippen molar-refractivity contribution in [2.45, 2.75) is 65.6 Å². The van der Waals surface area contributed by atoms with E-state index in [0.717, 1.165) is 19.6 Å². The van der Waals surface area contributed by atoms with Crippen LogP contribution in [0.1, 0.15) is 52.3 Å². The lowest BCUT2D eigenvalue weighted by atomic mass is 9.80. The van der Waals surface area contributed by atoms with Gasteiger partial charge >= 0.3 is 0 Å². The summed E-state index contributed by atoms with van der Waals surface area (Å²) in [7, 11) is 0. The molecule has 1 saturated heterocycles. The zero-order valence-electron chi connectivity index (χ0n) is 14.0. The molecule has 0 aromatic carbocycles. The molecule has 0 saturated carbocycles. The zero-order valence-corrected chi connectivity index (χ0v) is 16.4. The van der Waals surface area contributed by atoms with Gasteiger partial charge in [0.05, 0.1) is 3.79 Å². The molecule has 1 unspecified atom stereocenters. The predicted molar refractivity (Wildman–Crippen MR) is 97.0 cm³/mol. The second-order valence-electron chi connectivity index (χ2n) is 7.36. The zero-order chi connectivity index (χ0) is 15.7. The first-order valence-electron chi connectivity index (χ1n) is 8.03. The lowest BCUT2D eigenvalue weighted by Crippen LogP contribution is -2.66. The quantitative estimate of drug-likeness (QED) is 0.808. The SMILES string of the molecule is CCC1(CC)CN(Cc2ccc(Br)s2)C(C(C)(C)C)CN1. The summed E-state index contributed by atoms with van der Waals surface area (Å²) < 4.78 is 1.23. The molecular formula is C17H29BrN2S. The Bertz CT molecular complexity index is 460. The first-order chi connectivity index (χ1) is 9.79. The molecule has 120 valence electrons. The number of nitrogens with zero attached hydrogens (tertiary/aromatic N) is 1. The Labute approximate surface area is 142 Å². The molecule has 1 aromatic rings. The first kappa shape index (κ1) is 17.5. The summed E-state index contributed by atoms with van der Waals surface area (Å²) >= 11 is 5.45. The van der Waals surface area contributed by atoms with E-state index in [-0.39, 0.29) is 5.54 Å². The van der Waals surface area contributed by atoms with E-state index in [1.54, 1.807) is 0 Å². The molecule has 1 aliphatic heterocycles. The van der Waals surface area contributed by atoms with Crippen molar-refractivity contribution in [2.75, 3.05) is 13.1 Å². The maximum Gasteiger partial charge on any atom is 0.0701 e. The molecule has 0 radical (unpaired) electrons.